The number of rotatable bonds is 10. The summed E-state index contributed by atoms with van der Waals surface area (Å²) in [5, 5.41) is 2.97. The summed E-state index contributed by atoms with van der Waals surface area (Å²) in [6, 6.07) is 11.1. The van der Waals surface area contributed by atoms with Crippen LogP contribution in [0.3, 0.4) is 0 Å². The van der Waals surface area contributed by atoms with Gasteiger partial charge in [-0.3, -0.25) is 9.59 Å². The van der Waals surface area contributed by atoms with Gasteiger partial charge in [-0.05, 0) is 74.6 Å². The van der Waals surface area contributed by atoms with E-state index in [9.17, 15) is 14.0 Å². The molecule has 0 radical (unpaired) electrons. The molecule has 2 amide bonds. The quantitative estimate of drug-likeness (QED) is 0.604. The van der Waals surface area contributed by atoms with Crippen molar-refractivity contribution >= 4 is 11.8 Å². The van der Waals surface area contributed by atoms with E-state index in [0.717, 1.165) is 23.1 Å². The fourth-order valence-corrected chi connectivity index (χ4v) is 3.39. The minimum atomic E-state index is -0.644. The highest BCUT2D eigenvalue weighted by molar-refractivity contribution is 5.88. The van der Waals surface area contributed by atoms with Crippen LogP contribution < -0.4 is 10.1 Å². The molecule has 0 aliphatic rings. The predicted octanol–water partition coefficient (Wildman–Crippen LogP) is 4.54. The molecule has 5 nitrogen and oxygen atoms in total. The maximum Gasteiger partial charge on any atom is 0.261 e. The fourth-order valence-electron chi connectivity index (χ4n) is 3.39. The second-order valence-electron chi connectivity index (χ2n) is 8.00. The number of hydrogen-bond donors (Lipinski definition) is 1. The van der Waals surface area contributed by atoms with Gasteiger partial charge in [-0.15, -0.1) is 0 Å². The molecule has 2 aromatic rings. The van der Waals surface area contributed by atoms with Gasteiger partial charge < -0.3 is 15.0 Å². The highest BCUT2D eigenvalue weighted by Gasteiger charge is 2.29. The molecule has 168 valence electrons. The average molecular weight is 429 g/mol. The smallest absolute Gasteiger partial charge is 0.261 e. The Morgan fingerprint density at radius 2 is 1.65 bits per heavy atom. The number of benzene rings is 2. The topological polar surface area (TPSA) is 58.6 Å². The highest BCUT2D eigenvalue weighted by Crippen LogP contribution is 2.18. The van der Waals surface area contributed by atoms with E-state index in [1.807, 2.05) is 52.8 Å². The molecule has 0 saturated heterocycles. The van der Waals surface area contributed by atoms with Crippen LogP contribution in [0.1, 0.15) is 50.3 Å². The third kappa shape index (κ3) is 7.39. The van der Waals surface area contributed by atoms with E-state index < -0.39 is 6.04 Å². The Kier molecular flexibility index (Phi) is 9.03. The first-order valence-electron chi connectivity index (χ1n) is 10.8. The summed E-state index contributed by atoms with van der Waals surface area (Å²) in [5.74, 6) is -0.223. The number of carbonyl (C=O) groups excluding carboxylic acids is 2. The summed E-state index contributed by atoms with van der Waals surface area (Å²) in [6.45, 7) is 9.74. The SMILES string of the molecule is CC[C@@H](C)NC(=O)[C@@H](CC)N(Cc1ccc(F)cc1)C(=O)COc1cc(C)cc(C)c1. The summed E-state index contributed by atoms with van der Waals surface area (Å²) < 4.78 is 19.1. The molecule has 0 aliphatic carbocycles. The molecular formula is C25H33FN2O3. The molecule has 0 unspecified atom stereocenters. The van der Waals surface area contributed by atoms with Crippen molar-refractivity contribution in [1.82, 2.24) is 10.2 Å². The second-order valence-corrected chi connectivity index (χ2v) is 8.00. The zero-order chi connectivity index (χ0) is 23.0. The van der Waals surface area contributed by atoms with Crippen molar-refractivity contribution < 1.29 is 18.7 Å². The molecule has 0 saturated carbocycles. The van der Waals surface area contributed by atoms with Crippen LogP contribution in [0.2, 0.25) is 0 Å². The monoisotopic (exact) mass is 428 g/mol. The molecule has 2 aromatic carbocycles. The molecule has 2 rings (SSSR count). The molecule has 1 N–H and O–H groups in total. The van der Waals surface area contributed by atoms with Gasteiger partial charge in [-0.2, -0.15) is 0 Å². The van der Waals surface area contributed by atoms with E-state index in [1.54, 1.807) is 12.1 Å². The average Bonchev–Trinajstić information content (AvgIpc) is 2.72. The third-order valence-corrected chi connectivity index (χ3v) is 5.21. The summed E-state index contributed by atoms with van der Waals surface area (Å²) in [4.78, 5) is 27.6. The molecule has 6 heteroatoms. The van der Waals surface area contributed by atoms with E-state index >= 15 is 0 Å². The van der Waals surface area contributed by atoms with Gasteiger partial charge in [0.05, 0.1) is 0 Å². The minimum absolute atomic E-state index is 0.0100. The molecule has 31 heavy (non-hydrogen) atoms. The predicted molar refractivity (Wildman–Crippen MR) is 120 cm³/mol. The Morgan fingerprint density at radius 3 is 2.19 bits per heavy atom. The normalized spacial score (nSPS) is 12.7. The highest BCUT2D eigenvalue weighted by atomic mass is 19.1. The summed E-state index contributed by atoms with van der Waals surface area (Å²) in [5.41, 5.74) is 2.84. The lowest BCUT2D eigenvalue weighted by Gasteiger charge is -2.31. The van der Waals surface area contributed by atoms with Crippen LogP contribution in [0.25, 0.3) is 0 Å². The van der Waals surface area contributed by atoms with Crippen LogP contribution in [-0.2, 0) is 16.1 Å². The van der Waals surface area contributed by atoms with E-state index in [-0.39, 0.29) is 36.8 Å². The Bertz CT molecular complexity index is 863. The van der Waals surface area contributed by atoms with Crippen LogP contribution in [0, 0.1) is 19.7 Å². The zero-order valence-electron chi connectivity index (χ0n) is 19.1. The molecule has 0 spiro atoms. The van der Waals surface area contributed by atoms with Gasteiger partial charge in [-0.25, -0.2) is 4.39 Å². The minimum Gasteiger partial charge on any atom is -0.484 e. The van der Waals surface area contributed by atoms with E-state index in [2.05, 4.69) is 5.32 Å². The van der Waals surface area contributed by atoms with Crippen molar-refractivity contribution in [3.05, 3.63) is 65.0 Å². The summed E-state index contributed by atoms with van der Waals surface area (Å²) in [6.07, 6.45) is 1.25. The first kappa shape index (κ1) is 24.4. The van der Waals surface area contributed by atoms with Crippen molar-refractivity contribution in [3.8, 4) is 5.75 Å². The van der Waals surface area contributed by atoms with Crippen molar-refractivity contribution in [1.29, 1.82) is 0 Å². The number of carbonyl (C=O) groups is 2. The Labute approximate surface area is 184 Å². The number of nitrogens with one attached hydrogen (secondary N) is 1. The first-order chi connectivity index (χ1) is 14.7. The lowest BCUT2D eigenvalue weighted by atomic mass is 10.1. The van der Waals surface area contributed by atoms with Crippen LogP contribution in [-0.4, -0.2) is 35.4 Å². The van der Waals surface area contributed by atoms with Crippen LogP contribution in [0.15, 0.2) is 42.5 Å². The van der Waals surface area contributed by atoms with Crippen molar-refractivity contribution in [2.45, 2.75) is 66.1 Å². The van der Waals surface area contributed by atoms with Crippen LogP contribution >= 0.6 is 0 Å². The molecular weight excluding hydrogens is 395 g/mol. The fraction of sp³-hybridized carbons (Fsp3) is 0.440. The number of nitrogens with zero attached hydrogens (tertiary/aromatic N) is 1. The van der Waals surface area contributed by atoms with E-state index in [4.69, 9.17) is 4.74 Å². The molecule has 2 atom stereocenters. The van der Waals surface area contributed by atoms with Gasteiger partial charge in [0.25, 0.3) is 5.91 Å². The molecule has 0 aromatic heterocycles. The number of amides is 2. The number of halogens is 1. The zero-order valence-corrected chi connectivity index (χ0v) is 19.1. The standard InChI is InChI=1S/C25H33FN2O3/c1-6-19(5)27-25(30)23(7-2)28(15-20-8-10-21(26)11-9-20)24(29)16-31-22-13-17(3)12-18(4)14-22/h8-14,19,23H,6-7,15-16H2,1-5H3,(H,27,30)/t19-,23-/m1/s1. The Hall–Kier alpha value is -2.89. The van der Waals surface area contributed by atoms with Gasteiger partial charge in [0.15, 0.2) is 6.61 Å². The Morgan fingerprint density at radius 1 is 1.03 bits per heavy atom. The molecule has 0 heterocycles. The third-order valence-electron chi connectivity index (χ3n) is 5.21. The van der Waals surface area contributed by atoms with Gasteiger partial charge in [-0.1, -0.05) is 32.0 Å². The van der Waals surface area contributed by atoms with Gasteiger partial charge in [0.1, 0.15) is 17.6 Å². The Balaban J connectivity index is 2.22. The van der Waals surface area contributed by atoms with Crippen molar-refractivity contribution in [2.75, 3.05) is 6.61 Å². The van der Waals surface area contributed by atoms with E-state index in [1.165, 1.54) is 17.0 Å². The van der Waals surface area contributed by atoms with Crippen LogP contribution in [0.4, 0.5) is 4.39 Å². The summed E-state index contributed by atoms with van der Waals surface area (Å²) >= 11 is 0. The molecule has 0 fully saturated rings. The summed E-state index contributed by atoms with van der Waals surface area (Å²) in [7, 11) is 0. The molecule has 0 bridgehead atoms. The number of aryl methyl sites for hydroxylation is 2. The van der Waals surface area contributed by atoms with Crippen molar-refractivity contribution in [2.24, 2.45) is 0 Å². The lowest BCUT2D eigenvalue weighted by Crippen LogP contribution is -2.51. The maximum atomic E-state index is 13.3. The maximum absolute atomic E-state index is 13.3. The van der Waals surface area contributed by atoms with Crippen LogP contribution in [0.5, 0.6) is 5.75 Å². The van der Waals surface area contributed by atoms with Gasteiger partial charge in [0, 0.05) is 12.6 Å². The lowest BCUT2D eigenvalue weighted by molar-refractivity contribution is -0.143. The largest absolute Gasteiger partial charge is 0.484 e. The first-order valence-corrected chi connectivity index (χ1v) is 10.8. The van der Waals surface area contributed by atoms with E-state index in [0.29, 0.717) is 12.2 Å². The second kappa shape index (κ2) is 11.5. The number of hydrogen-bond acceptors (Lipinski definition) is 3. The van der Waals surface area contributed by atoms with Gasteiger partial charge in [0.2, 0.25) is 5.91 Å². The molecule has 0 aliphatic heterocycles. The number of ether oxygens (including phenoxy) is 1. The van der Waals surface area contributed by atoms with Gasteiger partial charge >= 0.3 is 0 Å². The van der Waals surface area contributed by atoms with Crippen molar-refractivity contribution in [3.63, 3.8) is 0 Å².